The molecule has 2 atom stereocenters. The van der Waals surface area contributed by atoms with Gasteiger partial charge in [-0.25, -0.2) is 0 Å². The van der Waals surface area contributed by atoms with Gasteiger partial charge < -0.3 is 0 Å². The van der Waals surface area contributed by atoms with Crippen molar-refractivity contribution in [3.63, 3.8) is 0 Å². The quantitative estimate of drug-likeness (QED) is 0.520. The van der Waals surface area contributed by atoms with Crippen LogP contribution >= 0.6 is 23.2 Å². The Morgan fingerprint density at radius 3 is 1.27 bits per heavy atom. The van der Waals surface area contributed by atoms with E-state index in [4.69, 9.17) is 23.2 Å². The van der Waals surface area contributed by atoms with Gasteiger partial charge in [0.2, 0.25) is 0 Å². The van der Waals surface area contributed by atoms with Crippen LogP contribution < -0.4 is 0 Å². The lowest BCUT2D eigenvalue weighted by Gasteiger charge is -2.34. The highest BCUT2D eigenvalue weighted by Crippen LogP contribution is 2.46. The number of allylic oxidation sites excluding steroid dienone is 2. The zero-order valence-electron chi connectivity index (χ0n) is 12.9. The monoisotopic (exact) mass is 330 g/mol. The van der Waals surface area contributed by atoms with Gasteiger partial charge in [-0.1, -0.05) is 58.6 Å². The van der Waals surface area contributed by atoms with E-state index in [0.29, 0.717) is 11.8 Å². The van der Waals surface area contributed by atoms with Crippen LogP contribution in [0.4, 0.5) is 0 Å². The highest BCUT2D eigenvalue weighted by atomic mass is 35.5. The average Bonchev–Trinajstić information content (AvgIpc) is 2.51. The molecule has 0 fully saturated rings. The second-order valence-corrected chi connectivity index (χ2v) is 7.16. The van der Waals surface area contributed by atoms with E-state index in [0.717, 1.165) is 22.9 Å². The Hall–Kier alpha value is -1.24. The predicted molar refractivity (Wildman–Crippen MR) is 96.0 cm³/mol. The van der Waals surface area contributed by atoms with Gasteiger partial charge in [0.15, 0.2) is 0 Å². The zero-order valence-corrected chi connectivity index (χ0v) is 14.5. The van der Waals surface area contributed by atoms with E-state index in [9.17, 15) is 0 Å². The molecular formula is C20H20Cl2. The normalized spacial score (nSPS) is 22.0. The molecule has 0 radical (unpaired) electrons. The smallest absolute Gasteiger partial charge is 0.0406 e. The summed E-state index contributed by atoms with van der Waals surface area (Å²) in [6.45, 7) is 4.52. The summed E-state index contributed by atoms with van der Waals surface area (Å²) >= 11 is 12.1. The summed E-state index contributed by atoms with van der Waals surface area (Å²) in [7, 11) is 0. The summed E-state index contributed by atoms with van der Waals surface area (Å²) in [6.07, 6.45) is 2.22. The molecule has 3 rings (SSSR count). The van der Waals surface area contributed by atoms with E-state index in [-0.39, 0.29) is 0 Å². The molecule has 0 unspecified atom stereocenters. The number of hydrogen-bond acceptors (Lipinski definition) is 0. The third-order valence-electron chi connectivity index (χ3n) is 4.86. The largest absolute Gasteiger partial charge is 0.0843 e. The average molecular weight is 331 g/mol. The summed E-state index contributed by atoms with van der Waals surface area (Å²) < 4.78 is 0. The Labute approximate surface area is 142 Å². The molecule has 0 heterocycles. The first kappa shape index (κ1) is 15.6. The molecule has 0 saturated heterocycles. The molecule has 0 aliphatic heterocycles. The third kappa shape index (κ3) is 3.24. The van der Waals surface area contributed by atoms with Crippen molar-refractivity contribution in [1.82, 2.24) is 0 Å². The van der Waals surface area contributed by atoms with Crippen LogP contribution in [0.5, 0.6) is 0 Å². The minimum atomic E-state index is 0.502. The van der Waals surface area contributed by atoms with Gasteiger partial charge in [-0.3, -0.25) is 0 Å². The zero-order chi connectivity index (χ0) is 15.7. The van der Waals surface area contributed by atoms with Crippen molar-refractivity contribution in [1.29, 1.82) is 0 Å². The molecule has 0 nitrogen and oxygen atoms in total. The van der Waals surface area contributed by atoms with Crippen LogP contribution in [-0.2, 0) is 0 Å². The molecule has 1 aliphatic carbocycles. The topological polar surface area (TPSA) is 0 Å². The predicted octanol–water partition coefficient (Wildman–Crippen LogP) is 6.99. The van der Waals surface area contributed by atoms with Gasteiger partial charge in [-0.15, -0.1) is 0 Å². The fourth-order valence-electron chi connectivity index (χ4n) is 3.41. The summed E-state index contributed by atoms with van der Waals surface area (Å²) in [4.78, 5) is 0. The standard InChI is InChI=1S/C20H20Cl2/c1-13-11-19(15-3-7-17(21)8-4-15)20(12-14(13)2)16-5-9-18(22)10-6-16/h3-10,19-20H,11-12H2,1-2H3/t19-,20-/m0/s1. The van der Waals surface area contributed by atoms with Gasteiger partial charge in [0, 0.05) is 10.0 Å². The van der Waals surface area contributed by atoms with E-state index in [1.807, 2.05) is 24.3 Å². The molecule has 0 aromatic heterocycles. The Kier molecular flexibility index (Phi) is 4.61. The SMILES string of the molecule is CC1=C(C)C[C@@H](c2ccc(Cl)cc2)[C@H](c2ccc(Cl)cc2)C1. The highest BCUT2D eigenvalue weighted by molar-refractivity contribution is 6.30. The molecule has 0 amide bonds. The summed E-state index contributed by atoms with van der Waals surface area (Å²) in [5.74, 6) is 1.00. The van der Waals surface area contributed by atoms with Crippen molar-refractivity contribution < 1.29 is 0 Å². The number of benzene rings is 2. The molecule has 0 saturated carbocycles. The molecule has 0 bridgehead atoms. The molecule has 0 spiro atoms. The van der Waals surface area contributed by atoms with Gasteiger partial charge in [-0.05, 0) is 73.9 Å². The first-order valence-corrected chi connectivity index (χ1v) is 8.46. The maximum atomic E-state index is 6.05. The van der Waals surface area contributed by atoms with E-state index in [2.05, 4.69) is 38.1 Å². The van der Waals surface area contributed by atoms with Gasteiger partial charge in [-0.2, -0.15) is 0 Å². The van der Waals surface area contributed by atoms with Crippen LogP contribution in [0.1, 0.15) is 49.7 Å². The first-order chi connectivity index (χ1) is 10.5. The third-order valence-corrected chi connectivity index (χ3v) is 5.37. The number of hydrogen-bond donors (Lipinski definition) is 0. The Balaban J connectivity index is 2.00. The summed E-state index contributed by atoms with van der Waals surface area (Å²) in [6, 6.07) is 16.7. The van der Waals surface area contributed by atoms with Crippen molar-refractivity contribution in [3.8, 4) is 0 Å². The lowest BCUT2D eigenvalue weighted by atomic mass is 9.70. The fourth-order valence-corrected chi connectivity index (χ4v) is 3.66. The second-order valence-electron chi connectivity index (χ2n) is 6.28. The lowest BCUT2D eigenvalue weighted by Crippen LogP contribution is -2.17. The van der Waals surface area contributed by atoms with E-state index in [1.54, 1.807) is 0 Å². The van der Waals surface area contributed by atoms with E-state index < -0.39 is 0 Å². The van der Waals surface area contributed by atoms with Gasteiger partial charge in [0.05, 0.1) is 0 Å². The van der Waals surface area contributed by atoms with Crippen LogP contribution in [0.25, 0.3) is 0 Å². The molecule has 2 aromatic rings. The summed E-state index contributed by atoms with van der Waals surface area (Å²) in [5, 5.41) is 1.59. The van der Waals surface area contributed by atoms with E-state index >= 15 is 0 Å². The van der Waals surface area contributed by atoms with Gasteiger partial charge in [0.25, 0.3) is 0 Å². The van der Waals surface area contributed by atoms with E-state index in [1.165, 1.54) is 22.3 Å². The Morgan fingerprint density at radius 1 is 0.636 bits per heavy atom. The van der Waals surface area contributed by atoms with Crippen molar-refractivity contribution >= 4 is 23.2 Å². The lowest BCUT2D eigenvalue weighted by molar-refractivity contribution is 0.496. The molecular weight excluding hydrogens is 311 g/mol. The van der Waals surface area contributed by atoms with Crippen LogP contribution in [0.15, 0.2) is 59.7 Å². The van der Waals surface area contributed by atoms with Crippen molar-refractivity contribution in [2.75, 3.05) is 0 Å². The molecule has 2 aromatic carbocycles. The molecule has 2 heteroatoms. The Bertz CT molecular complexity index is 619. The Morgan fingerprint density at radius 2 is 0.955 bits per heavy atom. The van der Waals surface area contributed by atoms with Crippen LogP contribution in [-0.4, -0.2) is 0 Å². The van der Waals surface area contributed by atoms with Crippen LogP contribution in [0.2, 0.25) is 10.0 Å². The minimum Gasteiger partial charge on any atom is -0.0843 e. The van der Waals surface area contributed by atoms with Gasteiger partial charge >= 0.3 is 0 Å². The van der Waals surface area contributed by atoms with Crippen LogP contribution in [0.3, 0.4) is 0 Å². The molecule has 114 valence electrons. The maximum absolute atomic E-state index is 6.05. The maximum Gasteiger partial charge on any atom is 0.0406 e. The number of halogens is 2. The highest BCUT2D eigenvalue weighted by Gasteiger charge is 2.29. The van der Waals surface area contributed by atoms with Crippen molar-refractivity contribution in [3.05, 3.63) is 80.8 Å². The first-order valence-electron chi connectivity index (χ1n) is 7.70. The molecule has 1 aliphatic rings. The minimum absolute atomic E-state index is 0.502. The van der Waals surface area contributed by atoms with Crippen molar-refractivity contribution in [2.45, 2.75) is 38.5 Å². The molecule has 0 N–H and O–H groups in total. The fraction of sp³-hybridized carbons (Fsp3) is 0.300. The number of rotatable bonds is 2. The second kappa shape index (κ2) is 6.48. The van der Waals surface area contributed by atoms with Gasteiger partial charge in [0.1, 0.15) is 0 Å². The van der Waals surface area contributed by atoms with Crippen LogP contribution in [0, 0.1) is 0 Å². The molecule has 22 heavy (non-hydrogen) atoms. The van der Waals surface area contributed by atoms with Crippen molar-refractivity contribution in [2.24, 2.45) is 0 Å². The summed E-state index contributed by atoms with van der Waals surface area (Å²) in [5.41, 5.74) is 5.78.